The normalized spacial score (nSPS) is 16.1. The third-order valence-corrected chi connectivity index (χ3v) is 2.21. The highest BCUT2D eigenvalue weighted by Gasteiger charge is 2.17. The molecule has 2 heterocycles. The number of aromatic nitrogens is 1. The lowest BCUT2D eigenvalue weighted by Crippen LogP contribution is -2.40. The molecule has 1 aromatic heterocycles. The molecule has 14 heavy (non-hydrogen) atoms. The van der Waals surface area contributed by atoms with Crippen molar-refractivity contribution < 1.29 is 4.74 Å². The molecule has 0 saturated carbocycles. The monoisotopic (exact) mass is 193 g/mol. The Balaban J connectivity index is 1.98. The Kier molecular flexibility index (Phi) is 2.54. The molecule has 76 valence electrons. The number of rotatable bonds is 3. The minimum Gasteiger partial charge on any atom is -0.377 e. The first-order valence-electron chi connectivity index (χ1n) is 4.73. The fraction of sp³-hybridized carbons (Fsp3) is 0.500. The minimum atomic E-state index is 0.460. The zero-order chi connectivity index (χ0) is 9.97. The summed E-state index contributed by atoms with van der Waals surface area (Å²) >= 11 is 0. The number of nitrogens with one attached hydrogen (secondary N) is 1. The van der Waals surface area contributed by atoms with Crippen molar-refractivity contribution in [3.63, 3.8) is 0 Å². The maximum absolute atomic E-state index is 5.08. The van der Waals surface area contributed by atoms with Gasteiger partial charge in [0.2, 0.25) is 0 Å². The van der Waals surface area contributed by atoms with Crippen LogP contribution in [0, 0.1) is 0 Å². The average Bonchev–Trinajstić information content (AvgIpc) is 2.12. The maximum atomic E-state index is 5.08. The second-order valence-corrected chi connectivity index (χ2v) is 3.68. The molecule has 1 aliphatic heterocycles. The quantitative estimate of drug-likeness (QED) is 0.775. The lowest BCUT2D eigenvalue weighted by molar-refractivity contribution is 0.0211. The van der Waals surface area contributed by atoms with E-state index in [1.807, 2.05) is 37.3 Å². The summed E-state index contributed by atoms with van der Waals surface area (Å²) in [7, 11) is 3.96. The fourth-order valence-corrected chi connectivity index (χ4v) is 1.29. The van der Waals surface area contributed by atoms with E-state index in [1.54, 1.807) is 0 Å². The van der Waals surface area contributed by atoms with E-state index in [1.165, 1.54) is 0 Å². The van der Waals surface area contributed by atoms with E-state index in [4.69, 9.17) is 4.74 Å². The van der Waals surface area contributed by atoms with E-state index < -0.39 is 0 Å². The first-order chi connectivity index (χ1) is 6.75. The highest BCUT2D eigenvalue weighted by Crippen LogP contribution is 2.14. The first-order valence-corrected chi connectivity index (χ1v) is 4.73. The van der Waals surface area contributed by atoms with Gasteiger partial charge in [-0.1, -0.05) is 0 Å². The van der Waals surface area contributed by atoms with Crippen LogP contribution in [-0.2, 0) is 4.74 Å². The van der Waals surface area contributed by atoms with Crippen molar-refractivity contribution in [3.05, 3.63) is 18.3 Å². The third kappa shape index (κ3) is 1.96. The predicted octanol–water partition coefficient (Wildman–Crippen LogP) is 0.958. The van der Waals surface area contributed by atoms with E-state index >= 15 is 0 Å². The molecule has 0 bridgehead atoms. The number of pyridine rings is 1. The van der Waals surface area contributed by atoms with Gasteiger partial charge in [0.25, 0.3) is 0 Å². The van der Waals surface area contributed by atoms with Crippen LogP contribution in [0.1, 0.15) is 0 Å². The number of anilines is 2. The van der Waals surface area contributed by atoms with Crippen LogP contribution in [0.4, 0.5) is 11.5 Å². The molecular formula is C10H15N3O. The van der Waals surface area contributed by atoms with Crippen LogP contribution in [0.5, 0.6) is 0 Å². The van der Waals surface area contributed by atoms with Gasteiger partial charge in [-0.2, -0.15) is 0 Å². The van der Waals surface area contributed by atoms with E-state index in [2.05, 4.69) is 10.3 Å². The lowest BCUT2D eigenvalue weighted by atomic mass is 10.2. The predicted molar refractivity (Wildman–Crippen MR) is 56.8 cm³/mol. The van der Waals surface area contributed by atoms with Gasteiger partial charge in [0, 0.05) is 14.1 Å². The van der Waals surface area contributed by atoms with Crippen LogP contribution >= 0.6 is 0 Å². The van der Waals surface area contributed by atoms with Crippen molar-refractivity contribution in [2.45, 2.75) is 6.04 Å². The van der Waals surface area contributed by atoms with Gasteiger partial charge >= 0.3 is 0 Å². The average molecular weight is 193 g/mol. The number of hydrogen-bond acceptors (Lipinski definition) is 4. The van der Waals surface area contributed by atoms with E-state index in [9.17, 15) is 0 Å². The first kappa shape index (κ1) is 9.27. The third-order valence-electron chi connectivity index (χ3n) is 2.21. The summed E-state index contributed by atoms with van der Waals surface area (Å²) in [4.78, 5) is 6.29. The Morgan fingerprint density at radius 2 is 2.21 bits per heavy atom. The Morgan fingerprint density at radius 3 is 2.64 bits per heavy atom. The van der Waals surface area contributed by atoms with Crippen molar-refractivity contribution >= 4 is 11.5 Å². The molecular weight excluding hydrogens is 178 g/mol. The summed E-state index contributed by atoms with van der Waals surface area (Å²) in [5.41, 5.74) is 1.06. The molecule has 4 heteroatoms. The Hall–Kier alpha value is -1.29. The smallest absolute Gasteiger partial charge is 0.128 e. The molecule has 1 saturated heterocycles. The Morgan fingerprint density at radius 1 is 1.43 bits per heavy atom. The van der Waals surface area contributed by atoms with Gasteiger partial charge in [-0.25, -0.2) is 4.98 Å². The summed E-state index contributed by atoms with van der Waals surface area (Å²) in [6, 6.07) is 4.50. The molecule has 0 unspecified atom stereocenters. The summed E-state index contributed by atoms with van der Waals surface area (Å²) in [5, 5.41) is 3.34. The number of nitrogens with zero attached hydrogens (tertiary/aromatic N) is 2. The van der Waals surface area contributed by atoms with Crippen LogP contribution in [0.25, 0.3) is 0 Å². The zero-order valence-electron chi connectivity index (χ0n) is 8.53. The van der Waals surface area contributed by atoms with Crippen LogP contribution in [-0.4, -0.2) is 38.3 Å². The van der Waals surface area contributed by atoms with Gasteiger partial charge < -0.3 is 15.0 Å². The molecule has 1 aromatic rings. The van der Waals surface area contributed by atoms with Crippen molar-refractivity contribution in [3.8, 4) is 0 Å². The van der Waals surface area contributed by atoms with Crippen LogP contribution in [0.2, 0.25) is 0 Å². The highest BCUT2D eigenvalue weighted by atomic mass is 16.5. The molecule has 0 aromatic carbocycles. The summed E-state index contributed by atoms with van der Waals surface area (Å²) in [6.45, 7) is 1.60. The number of ether oxygens (including phenoxy) is 1. The Bertz CT molecular complexity index is 293. The van der Waals surface area contributed by atoms with E-state index in [0.717, 1.165) is 24.7 Å². The molecule has 0 atom stereocenters. The van der Waals surface area contributed by atoms with Crippen molar-refractivity contribution in [2.24, 2.45) is 0 Å². The molecule has 2 rings (SSSR count). The van der Waals surface area contributed by atoms with Crippen molar-refractivity contribution in [2.75, 3.05) is 37.5 Å². The standard InChI is InChI=1S/C10H15N3O/c1-13(2)10-4-3-8(5-11-10)12-9-6-14-7-9/h3-5,9,12H,6-7H2,1-2H3. The lowest BCUT2D eigenvalue weighted by Gasteiger charge is -2.27. The minimum absolute atomic E-state index is 0.460. The van der Waals surface area contributed by atoms with Gasteiger partial charge in [-0.15, -0.1) is 0 Å². The molecule has 1 aliphatic rings. The zero-order valence-corrected chi connectivity index (χ0v) is 8.53. The molecule has 0 amide bonds. The maximum Gasteiger partial charge on any atom is 0.128 e. The van der Waals surface area contributed by atoms with Gasteiger partial charge in [0.15, 0.2) is 0 Å². The topological polar surface area (TPSA) is 37.4 Å². The van der Waals surface area contributed by atoms with E-state index in [0.29, 0.717) is 6.04 Å². The summed E-state index contributed by atoms with van der Waals surface area (Å²) in [5.74, 6) is 0.973. The van der Waals surface area contributed by atoms with Gasteiger partial charge in [0.1, 0.15) is 5.82 Å². The van der Waals surface area contributed by atoms with Crippen LogP contribution in [0.15, 0.2) is 18.3 Å². The Labute approximate surface area is 83.9 Å². The van der Waals surface area contributed by atoms with Gasteiger partial charge in [-0.3, -0.25) is 0 Å². The summed E-state index contributed by atoms with van der Waals surface area (Å²) in [6.07, 6.45) is 1.85. The molecule has 0 spiro atoms. The fourth-order valence-electron chi connectivity index (χ4n) is 1.29. The summed E-state index contributed by atoms with van der Waals surface area (Å²) < 4.78 is 5.08. The van der Waals surface area contributed by atoms with Crippen LogP contribution in [0.3, 0.4) is 0 Å². The number of hydrogen-bond donors (Lipinski definition) is 1. The molecule has 1 N–H and O–H groups in total. The second-order valence-electron chi connectivity index (χ2n) is 3.68. The molecule has 0 aliphatic carbocycles. The second kappa shape index (κ2) is 3.84. The van der Waals surface area contributed by atoms with Gasteiger partial charge in [0.05, 0.1) is 31.1 Å². The molecule has 1 fully saturated rings. The van der Waals surface area contributed by atoms with Crippen LogP contribution < -0.4 is 10.2 Å². The van der Waals surface area contributed by atoms with Gasteiger partial charge in [-0.05, 0) is 12.1 Å². The molecule has 0 radical (unpaired) electrons. The highest BCUT2D eigenvalue weighted by molar-refractivity contribution is 5.48. The SMILES string of the molecule is CN(C)c1ccc(NC2COC2)cn1. The largest absolute Gasteiger partial charge is 0.377 e. The van der Waals surface area contributed by atoms with E-state index in [-0.39, 0.29) is 0 Å². The molecule has 4 nitrogen and oxygen atoms in total. The van der Waals surface area contributed by atoms with Crippen molar-refractivity contribution in [1.29, 1.82) is 0 Å². The van der Waals surface area contributed by atoms with Crippen molar-refractivity contribution in [1.82, 2.24) is 4.98 Å².